The predicted octanol–water partition coefficient (Wildman–Crippen LogP) is 2.50. The lowest BCUT2D eigenvalue weighted by Crippen LogP contribution is -2.37. The standard InChI is InChI=1S/C16H9BrN4O7/c17-12-6-9(21(27)28)2-4-13(12)18-14(22)7-19-15(23)10-3-1-8(20(25)26)5-11(10)16(19)24/h1-6H,7H2,(H,18,22). The number of nitrogens with zero attached hydrogens (tertiary/aromatic N) is 3. The quantitative estimate of drug-likeness (QED) is 0.418. The molecule has 1 heterocycles. The lowest BCUT2D eigenvalue weighted by molar-refractivity contribution is -0.385. The largest absolute Gasteiger partial charge is 0.323 e. The molecule has 0 unspecified atom stereocenters. The van der Waals surface area contributed by atoms with Crippen molar-refractivity contribution in [1.29, 1.82) is 0 Å². The maximum Gasteiger partial charge on any atom is 0.270 e. The van der Waals surface area contributed by atoms with Gasteiger partial charge < -0.3 is 5.32 Å². The molecule has 12 heteroatoms. The first kappa shape index (κ1) is 19.1. The number of halogens is 1. The van der Waals surface area contributed by atoms with E-state index in [0.29, 0.717) is 4.90 Å². The SMILES string of the molecule is O=C(CN1C(=O)c2ccc([N+](=O)[O-])cc2C1=O)Nc1ccc([N+](=O)[O-])cc1Br. The molecule has 1 aliphatic heterocycles. The Hall–Kier alpha value is -3.67. The van der Waals surface area contributed by atoms with E-state index < -0.39 is 34.1 Å². The van der Waals surface area contributed by atoms with Crippen molar-refractivity contribution in [1.82, 2.24) is 4.90 Å². The predicted molar refractivity (Wildman–Crippen MR) is 97.9 cm³/mol. The molecule has 0 atom stereocenters. The highest BCUT2D eigenvalue weighted by Crippen LogP contribution is 2.28. The minimum atomic E-state index is -0.818. The molecule has 0 aromatic heterocycles. The minimum absolute atomic E-state index is 0.0279. The fourth-order valence-electron chi connectivity index (χ4n) is 2.59. The Morgan fingerprint density at radius 1 is 0.964 bits per heavy atom. The number of carbonyl (C=O) groups is 3. The maximum absolute atomic E-state index is 12.4. The average Bonchev–Trinajstić information content (AvgIpc) is 2.87. The highest BCUT2D eigenvalue weighted by Gasteiger charge is 2.37. The first-order valence-corrected chi connectivity index (χ1v) is 8.36. The van der Waals surface area contributed by atoms with Crippen LogP contribution < -0.4 is 5.32 Å². The third-order valence-electron chi connectivity index (χ3n) is 3.90. The number of rotatable bonds is 5. The van der Waals surface area contributed by atoms with Gasteiger partial charge in [0.05, 0.1) is 26.7 Å². The third-order valence-corrected chi connectivity index (χ3v) is 4.56. The number of nitro groups is 2. The number of benzene rings is 2. The Bertz CT molecular complexity index is 1070. The summed E-state index contributed by atoms with van der Waals surface area (Å²) in [4.78, 5) is 57.9. The first-order valence-electron chi connectivity index (χ1n) is 7.57. The van der Waals surface area contributed by atoms with Gasteiger partial charge in [-0.2, -0.15) is 0 Å². The molecule has 3 amide bonds. The monoisotopic (exact) mass is 448 g/mol. The van der Waals surface area contributed by atoms with Crippen LogP contribution in [0.1, 0.15) is 20.7 Å². The lowest BCUT2D eigenvalue weighted by atomic mass is 10.1. The number of imide groups is 1. The van der Waals surface area contributed by atoms with Crippen LogP contribution in [0.15, 0.2) is 40.9 Å². The van der Waals surface area contributed by atoms with Crippen LogP contribution in [0, 0.1) is 20.2 Å². The summed E-state index contributed by atoms with van der Waals surface area (Å²) in [6.45, 7) is -0.621. The van der Waals surface area contributed by atoms with Crippen LogP contribution in [0.3, 0.4) is 0 Å². The van der Waals surface area contributed by atoms with Crippen LogP contribution >= 0.6 is 15.9 Å². The second-order valence-electron chi connectivity index (χ2n) is 5.65. The molecule has 0 spiro atoms. The molecule has 2 aromatic rings. The van der Waals surface area contributed by atoms with Crippen molar-refractivity contribution in [2.75, 3.05) is 11.9 Å². The van der Waals surface area contributed by atoms with Crippen molar-refractivity contribution >= 4 is 50.7 Å². The molecule has 0 bridgehead atoms. The molecule has 0 aliphatic carbocycles. The van der Waals surface area contributed by atoms with Crippen molar-refractivity contribution < 1.29 is 24.2 Å². The van der Waals surface area contributed by atoms with Crippen molar-refractivity contribution in [2.24, 2.45) is 0 Å². The number of hydrogen-bond acceptors (Lipinski definition) is 7. The summed E-state index contributed by atoms with van der Waals surface area (Å²) in [5.41, 5.74) is -0.501. The van der Waals surface area contributed by atoms with Crippen LogP contribution in [0.25, 0.3) is 0 Å². The van der Waals surface area contributed by atoms with E-state index >= 15 is 0 Å². The number of hydrogen-bond donors (Lipinski definition) is 1. The Morgan fingerprint density at radius 2 is 1.54 bits per heavy atom. The molecule has 0 saturated heterocycles. The number of nitro benzene ring substituents is 2. The van der Waals surface area contributed by atoms with Crippen LogP contribution in [-0.4, -0.2) is 39.0 Å². The second kappa shape index (κ2) is 7.15. The fourth-order valence-corrected chi connectivity index (χ4v) is 3.05. The van der Waals surface area contributed by atoms with Gasteiger partial charge in [-0.1, -0.05) is 0 Å². The topological polar surface area (TPSA) is 153 Å². The van der Waals surface area contributed by atoms with Crippen molar-refractivity contribution in [2.45, 2.75) is 0 Å². The summed E-state index contributed by atoms with van der Waals surface area (Å²) < 4.78 is 0.244. The maximum atomic E-state index is 12.4. The van der Waals surface area contributed by atoms with Gasteiger partial charge in [0.15, 0.2) is 0 Å². The third kappa shape index (κ3) is 3.44. The summed E-state index contributed by atoms with van der Waals surface area (Å²) in [6, 6.07) is 6.92. The molecule has 28 heavy (non-hydrogen) atoms. The molecule has 3 rings (SSSR count). The highest BCUT2D eigenvalue weighted by atomic mass is 79.9. The van der Waals surface area contributed by atoms with E-state index in [1.165, 1.54) is 24.3 Å². The van der Waals surface area contributed by atoms with Crippen LogP contribution in [0.2, 0.25) is 0 Å². The zero-order valence-corrected chi connectivity index (χ0v) is 15.3. The number of carbonyl (C=O) groups excluding carboxylic acids is 3. The smallest absolute Gasteiger partial charge is 0.270 e. The Morgan fingerprint density at radius 3 is 2.14 bits per heavy atom. The summed E-state index contributed by atoms with van der Waals surface area (Å²) in [7, 11) is 0. The summed E-state index contributed by atoms with van der Waals surface area (Å²) in [5.74, 6) is -2.28. The van der Waals surface area contributed by atoms with E-state index in [9.17, 15) is 34.6 Å². The number of anilines is 1. The molecule has 11 nitrogen and oxygen atoms in total. The Balaban J connectivity index is 1.76. The van der Waals surface area contributed by atoms with E-state index in [2.05, 4.69) is 21.2 Å². The van der Waals surface area contributed by atoms with Crippen LogP contribution in [-0.2, 0) is 4.79 Å². The molecule has 142 valence electrons. The summed E-state index contributed by atoms with van der Waals surface area (Å²) in [6.07, 6.45) is 0. The summed E-state index contributed by atoms with van der Waals surface area (Å²) >= 11 is 3.09. The van der Waals surface area contributed by atoms with Crippen molar-refractivity contribution in [3.63, 3.8) is 0 Å². The van der Waals surface area contributed by atoms with Crippen LogP contribution in [0.4, 0.5) is 17.1 Å². The van der Waals surface area contributed by atoms with Crippen LogP contribution in [0.5, 0.6) is 0 Å². The van der Waals surface area contributed by atoms with E-state index in [1.54, 1.807) is 0 Å². The van der Waals surface area contributed by atoms with Gasteiger partial charge in [0.25, 0.3) is 23.2 Å². The number of nitrogens with one attached hydrogen (secondary N) is 1. The molecular weight excluding hydrogens is 440 g/mol. The second-order valence-corrected chi connectivity index (χ2v) is 6.51. The summed E-state index contributed by atoms with van der Waals surface area (Å²) in [5, 5.41) is 24.0. The van der Waals surface area contributed by atoms with Gasteiger partial charge in [0.2, 0.25) is 5.91 Å². The lowest BCUT2D eigenvalue weighted by Gasteiger charge is -2.14. The Labute approximate surface area is 164 Å². The molecular formula is C16H9BrN4O7. The van der Waals surface area contributed by atoms with E-state index in [0.717, 1.165) is 12.1 Å². The van der Waals surface area contributed by atoms with Gasteiger partial charge in [0, 0.05) is 28.7 Å². The minimum Gasteiger partial charge on any atom is -0.323 e. The number of fused-ring (bicyclic) bond motifs is 1. The first-order chi connectivity index (χ1) is 13.2. The zero-order valence-electron chi connectivity index (χ0n) is 13.7. The van der Waals surface area contributed by atoms with Gasteiger partial charge in [-0.05, 0) is 28.1 Å². The van der Waals surface area contributed by atoms with Gasteiger partial charge in [-0.25, -0.2) is 0 Å². The van der Waals surface area contributed by atoms with E-state index in [1.807, 2.05) is 0 Å². The number of amides is 3. The average molecular weight is 449 g/mol. The van der Waals surface area contributed by atoms with Gasteiger partial charge in [-0.3, -0.25) is 39.5 Å². The normalized spacial score (nSPS) is 12.7. The van der Waals surface area contributed by atoms with Gasteiger partial charge in [-0.15, -0.1) is 0 Å². The Kier molecular flexibility index (Phi) is 4.88. The van der Waals surface area contributed by atoms with Crippen molar-refractivity contribution in [3.05, 3.63) is 72.2 Å². The van der Waals surface area contributed by atoms with E-state index in [-0.39, 0.29) is 32.7 Å². The molecule has 0 saturated carbocycles. The van der Waals surface area contributed by atoms with Gasteiger partial charge >= 0.3 is 0 Å². The highest BCUT2D eigenvalue weighted by molar-refractivity contribution is 9.10. The van der Waals surface area contributed by atoms with Gasteiger partial charge in [0.1, 0.15) is 6.54 Å². The molecule has 1 aliphatic rings. The molecule has 0 radical (unpaired) electrons. The number of non-ortho nitro benzene ring substituents is 2. The molecule has 0 fully saturated rings. The zero-order chi connectivity index (χ0) is 20.6. The fraction of sp³-hybridized carbons (Fsp3) is 0.0625. The van der Waals surface area contributed by atoms with E-state index in [4.69, 9.17) is 0 Å². The van der Waals surface area contributed by atoms with Crippen molar-refractivity contribution in [3.8, 4) is 0 Å². The molecule has 1 N–H and O–H groups in total. The molecule has 2 aromatic carbocycles.